The largest absolute Gasteiger partial charge is 0.418 e. The van der Waals surface area contributed by atoms with E-state index in [-0.39, 0.29) is 16.9 Å². The van der Waals surface area contributed by atoms with Gasteiger partial charge in [0, 0.05) is 29.8 Å². The standard InChI is InChI=1S/C21H18F4N2O3S/c1-27(10-17(28)26-15-8-4-3-6-13(15)21(23,24)25)20(29)19-12(11-30-2)18-14(22)7-5-9-16(18)31-19/h3-9H,10-11H2,1-2H3,(H,26,28). The lowest BCUT2D eigenvalue weighted by Crippen LogP contribution is -2.35. The van der Waals surface area contributed by atoms with Gasteiger partial charge in [0.2, 0.25) is 5.91 Å². The van der Waals surface area contributed by atoms with Crippen LogP contribution in [0.25, 0.3) is 10.1 Å². The predicted octanol–water partition coefficient (Wildman–Crippen LogP) is 4.92. The molecule has 2 amide bonds. The number of nitrogens with zero attached hydrogens (tertiary/aromatic N) is 1. The molecule has 0 unspecified atom stereocenters. The smallest absolute Gasteiger partial charge is 0.380 e. The van der Waals surface area contributed by atoms with E-state index in [1.165, 1.54) is 38.4 Å². The molecule has 0 aliphatic rings. The molecule has 0 spiro atoms. The zero-order valence-corrected chi connectivity index (χ0v) is 17.4. The third-order valence-electron chi connectivity index (χ3n) is 4.48. The molecule has 0 atom stereocenters. The number of hydrogen-bond donors (Lipinski definition) is 1. The number of anilines is 1. The molecule has 2 aromatic carbocycles. The van der Waals surface area contributed by atoms with Crippen LogP contribution < -0.4 is 5.32 Å². The first kappa shape index (κ1) is 22.7. The Morgan fingerprint density at radius 2 is 1.84 bits per heavy atom. The quantitative estimate of drug-likeness (QED) is 0.538. The average Bonchev–Trinajstić information content (AvgIpc) is 3.07. The van der Waals surface area contributed by atoms with Crippen molar-refractivity contribution >= 4 is 38.9 Å². The van der Waals surface area contributed by atoms with Gasteiger partial charge in [-0.05, 0) is 24.3 Å². The van der Waals surface area contributed by atoms with E-state index in [9.17, 15) is 27.2 Å². The van der Waals surface area contributed by atoms with Gasteiger partial charge < -0.3 is 15.0 Å². The normalized spacial score (nSPS) is 11.5. The highest BCUT2D eigenvalue weighted by Crippen LogP contribution is 2.35. The van der Waals surface area contributed by atoms with E-state index in [4.69, 9.17) is 4.74 Å². The summed E-state index contributed by atoms with van der Waals surface area (Å²) in [5, 5.41) is 2.47. The fourth-order valence-electron chi connectivity index (χ4n) is 3.11. The number of para-hydroxylation sites is 1. The van der Waals surface area contributed by atoms with E-state index in [1.54, 1.807) is 6.07 Å². The molecule has 3 aromatic rings. The molecular formula is C21H18F4N2O3S. The Morgan fingerprint density at radius 1 is 1.13 bits per heavy atom. The highest BCUT2D eigenvalue weighted by Gasteiger charge is 2.33. The van der Waals surface area contributed by atoms with E-state index < -0.39 is 41.6 Å². The molecule has 1 N–H and O–H groups in total. The summed E-state index contributed by atoms with van der Waals surface area (Å²) in [6.45, 7) is -0.505. The number of halogens is 4. The SMILES string of the molecule is COCc1c(C(=O)N(C)CC(=O)Nc2ccccc2C(F)(F)F)sc2cccc(F)c12. The van der Waals surface area contributed by atoms with Crippen LogP contribution in [-0.2, 0) is 22.3 Å². The molecule has 1 heterocycles. The van der Waals surface area contributed by atoms with Crippen LogP contribution in [-0.4, -0.2) is 37.4 Å². The zero-order chi connectivity index (χ0) is 22.8. The molecule has 3 rings (SSSR count). The van der Waals surface area contributed by atoms with Crippen LogP contribution in [0.3, 0.4) is 0 Å². The number of nitrogens with one attached hydrogen (secondary N) is 1. The highest BCUT2D eigenvalue weighted by atomic mass is 32.1. The lowest BCUT2D eigenvalue weighted by Gasteiger charge is -2.18. The third kappa shape index (κ3) is 4.86. The van der Waals surface area contributed by atoms with E-state index in [0.29, 0.717) is 10.3 Å². The van der Waals surface area contributed by atoms with E-state index in [2.05, 4.69) is 5.32 Å². The summed E-state index contributed by atoms with van der Waals surface area (Å²) in [5.41, 5.74) is -1.02. The number of alkyl halides is 3. The number of rotatable bonds is 6. The van der Waals surface area contributed by atoms with Gasteiger partial charge in [0.1, 0.15) is 5.82 Å². The van der Waals surface area contributed by atoms with Crippen LogP contribution in [0.2, 0.25) is 0 Å². The minimum atomic E-state index is -4.64. The van der Waals surface area contributed by atoms with Gasteiger partial charge in [-0.25, -0.2) is 4.39 Å². The van der Waals surface area contributed by atoms with Gasteiger partial charge in [0.25, 0.3) is 5.91 Å². The van der Waals surface area contributed by atoms with E-state index in [1.807, 2.05) is 0 Å². The lowest BCUT2D eigenvalue weighted by atomic mass is 10.1. The van der Waals surface area contributed by atoms with Crippen LogP contribution >= 0.6 is 11.3 Å². The molecular weight excluding hydrogens is 436 g/mol. The van der Waals surface area contributed by atoms with Crippen LogP contribution in [0, 0.1) is 5.82 Å². The van der Waals surface area contributed by atoms with Crippen molar-refractivity contribution in [2.75, 3.05) is 26.0 Å². The molecule has 0 bridgehead atoms. The first-order valence-corrected chi connectivity index (χ1v) is 9.85. The summed E-state index contributed by atoms with van der Waals surface area (Å²) >= 11 is 1.06. The minimum absolute atomic E-state index is 0.0129. The monoisotopic (exact) mass is 454 g/mol. The fourth-order valence-corrected chi connectivity index (χ4v) is 4.33. The number of likely N-dealkylation sites (N-methyl/N-ethyl adjacent to an activating group) is 1. The van der Waals surface area contributed by atoms with E-state index >= 15 is 0 Å². The molecule has 0 radical (unpaired) electrons. The Morgan fingerprint density at radius 3 is 2.52 bits per heavy atom. The second-order valence-electron chi connectivity index (χ2n) is 6.71. The van der Waals surface area contributed by atoms with Gasteiger partial charge in [0.15, 0.2) is 0 Å². The van der Waals surface area contributed by atoms with Gasteiger partial charge in [-0.15, -0.1) is 11.3 Å². The minimum Gasteiger partial charge on any atom is -0.380 e. The summed E-state index contributed by atoms with van der Waals surface area (Å²) in [4.78, 5) is 26.5. The summed E-state index contributed by atoms with van der Waals surface area (Å²) in [6.07, 6.45) is -4.64. The highest BCUT2D eigenvalue weighted by molar-refractivity contribution is 7.21. The van der Waals surface area contributed by atoms with Crippen molar-refractivity contribution in [1.29, 1.82) is 0 Å². The molecule has 0 saturated heterocycles. The maximum atomic E-state index is 14.3. The molecule has 0 saturated carbocycles. The lowest BCUT2D eigenvalue weighted by molar-refractivity contribution is -0.137. The zero-order valence-electron chi connectivity index (χ0n) is 16.5. The first-order valence-electron chi connectivity index (χ1n) is 9.03. The van der Waals surface area contributed by atoms with Crippen molar-refractivity contribution < 1.29 is 31.9 Å². The Labute approximate surface area is 179 Å². The van der Waals surface area contributed by atoms with Crippen molar-refractivity contribution in [1.82, 2.24) is 4.90 Å². The number of amides is 2. The van der Waals surface area contributed by atoms with Gasteiger partial charge in [-0.1, -0.05) is 18.2 Å². The van der Waals surface area contributed by atoms with Gasteiger partial charge >= 0.3 is 6.18 Å². The Balaban J connectivity index is 1.81. The van der Waals surface area contributed by atoms with Gasteiger partial charge in [-0.2, -0.15) is 13.2 Å². The number of carbonyl (C=O) groups excluding carboxylic acids is 2. The summed E-state index contributed by atoms with van der Waals surface area (Å²) < 4.78 is 59.3. The molecule has 5 nitrogen and oxygen atoms in total. The molecule has 0 fully saturated rings. The topological polar surface area (TPSA) is 58.6 Å². The number of benzene rings is 2. The molecule has 164 valence electrons. The number of fused-ring (bicyclic) bond motifs is 1. The molecule has 31 heavy (non-hydrogen) atoms. The van der Waals surface area contributed by atoms with Crippen molar-refractivity contribution in [2.45, 2.75) is 12.8 Å². The third-order valence-corrected chi connectivity index (χ3v) is 5.67. The van der Waals surface area contributed by atoms with E-state index in [0.717, 1.165) is 28.4 Å². The average molecular weight is 454 g/mol. The molecule has 1 aromatic heterocycles. The van der Waals surface area contributed by atoms with Crippen LogP contribution in [0.5, 0.6) is 0 Å². The molecule has 10 heteroatoms. The summed E-state index contributed by atoms with van der Waals surface area (Å²) in [7, 11) is 2.75. The maximum absolute atomic E-state index is 14.3. The Hall–Kier alpha value is -2.98. The fraction of sp³-hybridized carbons (Fsp3) is 0.238. The number of carbonyl (C=O) groups is 2. The van der Waals surface area contributed by atoms with Crippen LogP contribution in [0.4, 0.5) is 23.2 Å². The second-order valence-corrected chi connectivity index (χ2v) is 7.76. The van der Waals surface area contributed by atoms with Crippen molar-refractivity contribution in [3.63, 3.8) is 0 Å². The maximum Gasteiger partial charge on any atom is 0.418 e. The number of thiophene rings is 1. The van der Waals surface area contributed by atoms with Crippen LogP contribution in [0.15, 0.2) is 42.5 Å². The number of methoxy groups -OCH3 is 1. The Bertz CT molecular complexity index is 1130. The predicted molar refractivity (Wildman–Crippen MR) is 110 cm³/mol. The molecule has 0 aliphatic carbocycles. The van der Waals surface area contributed by atoms with Gasteiger partial charge in [0.05, 0.1) is 29.3 Å². The molecule has 0 aliphatic heterocycles. The summed E-state index contributed by atoms with van der Waals surface area (Å²) in [5.74, 6) is -1.86. The van der Waals surface area contributed by atoms with Gasteiger partial charge in [-0.3, -0.25) is 9.59 Å². The van der Waals surface area contributed by atoms with Crippen molar-refractivity contribution in [3.05, 3.63) is 64.3 Å². The van der Waals surface area contributed by atoms with Crippen molar-refractivity contribution in [2.24, 2.45) is 0 Å². The first-order chi connectivity index (χ1) is 14.6. The number of ether oxygens (including phenoxy) is 1. The second kappa shape index (κ2) is 9.03. The summed E-state index contributed by atoms with van der Waals surface area (Å²) in [6, 6.07) is 9.03. The van der Waals surface area contributed by atoms with Crippen LogP contribution in [0.1, 0.15) is 20.8 Å². The number of hydrogen-bond acceptors (Lipinski definition) is 4. The van der Waals surface area contributed by atoms with Crippen molar-refractivity contribution in [3.8, 4) is 0 Å². The Kier molecular flexibility index (Phi) is 6.61.